The maximum atomic E-state index is 12.9. The lowest BCUT2D eigenvalue weighted by molar-refractivity contribution is -0.167. The van der Waals surface area contributed by atoms with Crippen LogP contribution in [0.5, 0.6) is 0 Å². The first kappa shape index (κ1) is 64.4. The average Bonchev–Trinajstić information content (AvgIpc) is 3.30. The Labute approximate surface area is 412 Å². The molecule has 0 fully saturated rings. The molecular formula is C60H116O6. The van der Waals surface area contributed by atoms with E-state index in [2.05, 4.69) is 34.6 Å². The van der Waals surface area contributed by atoms with Gasteiger partial charge in [-0.2, -0.15) is 0 Å². The highest BCUT2D eigenvalue weighted by atomic mass is 16.6. The highest BCUT2D eigenvalue weighted by Gasteiger charge is 2.19. The summed E-state index contributed by atoms with van der Waals surface area (Å²) in [5.74, 6) is 0.871. The van der Waals surface area contributed by atoms with Crippen molar-refractivity contribution in [1.82, 2.24) is 0 Å². The van der Waals surface area contributed by atoms with Crippen LogP contribution in [0, 0.1) is 11.8 Å². The van der Waals surface area contributed by atoms with E-state index >= 15 is 0 Å². The van der Waals surface area contributed by atoms with Crippen molar-refractivity contribution < 1.29 is 28.6 Å². The van der Waals surface area contributed by atoms with Gasteiger partial charge in [0.05, 0.1) is 0 Å². The zero-order valence-electron chi connectivity index (χ0n) is 45.3. The maximum Gasteiger partial charge on any atom is 0.306 e. The Bertz CT molecular complexity index is 1010. The fraction of sp³-hybridized carbons (Fsp3) is 0.950. The van der Waals surface area contributed by atoms with Crippen molar-refractivity contribution in [1.29, 1.82) is 0 Å². The van der Waals surface area contributed by atoms with Crippen molar-refractivity contribution in [2.24, 2.45) is 11.8 Å². The average molecular weight is 934 g/mol. The summed E-state index contributed by atoms with van der Waals surface area (Å²) in [6, 6.07) is 0. The van der Waals surface area contributed by atoms with E-state index in [1.54, 1.807) is 0 Å². The molecule has 0 aromatic carbocycles. The fourth-order valence-corrected chi connectivity index (χ4v) is 9.20. The van der Waals surface area contributed by atoms with Crippen molar-refractivity contribution in [2.45, 2.75) is 343 Å². The zero-order valence-corrected chi connectivity index (χ0v) is 45.3. The van der Waals surface area contributed by atoms with Crippen LogP contribution in [0.4, 0.5) is 0 Å². The summed E-state index contributed by atoms with van der Waals surface area (Å²) in [7, 11) is 0. The maximum absolute atomic E-state index is 12.9. The summed E-state index contributed by atoms with van der Waals surface area (Å²) >= 11 is 0. The highest BCUT2D eigenvalue weighted by Crippen LogP contribution is 2.19. The summed E-state index contributed by atoms with van der Waals surface area (Å²) in [5, 5.41) is 0. The highest BCUT2D eigenvalue weighted by molar-refractivity contribution is 5.71. The first-order valence-electron chi connectivity index (χ1n) is 29.8. The normalized spacial score (nSPS) is 12.5. The molecule has 0 radical (unpaired) electrons. The molecule has 0 N–H and O–H groups in total. The van der Waals surface area contributed by atoms with Gasteiger partial charge < -0.3 is 14.2 Å². The standard InChI is InChI=1S/C60H116O6/c1-6-8-9-10-11-12-13-14-15-16-17-18-21-25-32-37-42-47-52-60(63)66-57(54-65-59(62)51-46-41-36-31-27-26-29-34-39-44-49-56(5)7-2)53-64-58(61)50-45-40-35-30-24-22-19-20-23-28-33-38-43-48-55(3)4/h55-57H,6-54H2,1-5H3/t56?,57-/m0/s1. The van der Waals surface area contributed by atoms with Crippen LogP contribution in [0.25, 0.3) is 0 Å². The molecular weight excluding hydrogens is 817 g/mol. The molecule has 1 unspecified atom stereocenters. The monoisotopic (exact) mass is 933 g/mol. The Morgan fingerprint density at radius 3 is 0.864 bits per heavy atom. The molecule has 0 aliphatic heterocycles. The van der Waals surface area contributed by atoms with Gasteiger partial charge in [0, 0.05) is 19.3 Å². The smallest absolute Gasteiger partial charge is 0.306 e. The van der Waals surface area contributed by atoms with Crippen LogP contribution in [0.3, 0.4) is 0 Å². The molecule has 392 valence electrons. The number of ether oxygens (including phenoxy) is 3. The van der Waals surface area contributed by atoms with Crippen molar-refractivity contribution in [2.75, 3.05) is 13.2 Å². The number of unbranched alkanes of at least 4 members (excludes halogenated alkanes) is 38. The molecule has 0 aliphatic carbocycles. The summed E-state index contributed by atoms with van der Waals surface area (Å²) in [6.45, 7) is 11.4. The van der Waals surface area contributed by atoms with Crippen LogP contribution in [-0.2, 0) is 28.6 Å². The molecule has 0 saturated heterocycles. The van der Waals surface area contributed by atoms with Gasteiger partial charge in [-0.1, -0.05) is 298 Å². The van der Waals surface area contributed by atoms with E-state index in [0.717, 1.165) is 69.6 Å². The van der Waals surface area contributed by atoms with Gasteiger partial charge in [-0.05, 0) is 31.1 Å². The lowest BCUT2D eigenvalue weighted by atomic mass is 9.99. The molecule has 0 amide bonds. The number of rotatable bonds is 54. The van der Waals surface area contributed by atoms with Gasteiger partial charge in [0.15, 0.2) is 6.10 Å². The molecule has 0 bridgehead atoms. The SMILES string of the molecule is CCCCCCCCCCCCCCCCCCCCC(=O)O[C@@H](COC(=O)CCCCCCCCCCCCCCCC(C)C)COC(=O)CCCCCCCCCCCCC(C)CC. The Morgan fingerprint density at radius 1 is 0.318 bits per heavy atom. The predicted molar refractivity (Wildman–Crippen MR) is 284 cm³/mol. The number of hydrogen-bond acceptors (Lipinski definition) is 6. The largest absolute Gasteiger partial charge is 0.462 e. The Kier molecular flexibility index (Phi) is 51.5. The van der Waals surface area contributed by atoms with E-state index < -0.39 is 6.10 Å². The van der Waals surface area contributed by atoms with E-state index in [-0.39, 0.29) is 31.1 Å². The minimum Gasteiger partial charge on any atom is -0.462 e. The number of carbonyl (C=O) groups is 3. The molecule has 6 nitrogen and oxygen atoms in total. The third-order valence-electron chi connectivity index (χ3n) is 14.1. The molecule has 0 aromatic heterocycles. The molecule has 0 saturated carbocycles. The van der Waals surface area contributed by atoms with Crippen LogP contribution < -0.4 is 0 Å². The van der Waals surface area contributed by atoms with Crippen LogP contribution in [0.2, 0.25) is 0 Å². The first-order chi connectivity index (χ1) is 32.3. The minimum absolute atomic E-state index is 0.0627. The number of esters is 3. The quantitative estimate of drug-likeness (QED) is 0.0343. The Hall–Kier alpha value is -1.59. The molecule has 0 heterocycles. The summed E-state index contributed by atoms with van der Waals surface area (Å²) in [5.41, 5.74) is 0. The van der Waals surface area contributed by atoms with E-state index in [1.165, 1.54) is 225 Å². The number of carbonyl (C=O) groups excluding carboxylic acids is 3. The molecule has 6 heteroatoms. The van der Waals surface area contributed by atoms with Crippen molar-refractivity contribution in [3.8, 4) is 0 Å². The molecule has 0 aliphatic rings. The van der Waals surface area contributed by atoms with E-state index in [4.69, 9.17) is 14.2 Å². The second-order valence-electron chi connectivity index (χ2n) is 21.4. The predicted octanol–water partition coefficient (Wildman–Crippen LogP) is 19.7. The van der Waals surface area contributed by atoms with Crippen LogP contribution in [-0.4, -0.2) is 37.2 Å². The summed E-state index contributed by atoms with van der Waals surface area (Å²) < 4.78 is 16.9. The van der Waals surface area contributed by atoms with Crippen LogP contribution >= 0.6 is 0 Å². The lowest BCUT2D eigenvalue weighted by Crippen LogP contribution is -2.30. The van der Waals surface area contributed by atoms with E-state index in [1.807, 2.05) is 0 Å². The fourth-order valence-electron chi connectivity index (χ4n) is 9.20. The Balaban J connectivity index is 4.30. The molecule has 0 spiro atoms. The van der Waals surface area contributed by atoms with Gasteiger partial charge in [-0.15, -0.1) is 0 Å². The van der Waals surface area contributed by atoms with Crippen molar-refractivity contribution in [3.05, 3.63) is 0 Å². The third kappa shape index (κ3) is 51.8. The molecule has 66 heavy (non-hydrogen) atoms. The topological polar surface area (TPSA) is 78.9 Å². The third-order valence-corrected chi connectivity index (χ3v) is 14.1. The summed E-state index contributed by atoms with van der Waals surface area (Å²) in [4.78, 5) is 38.2. The minimum atomic E-state index is -0.763. The van der Waals surface area contributed by atoms with Gasteiger partial charge in [0.1, 0.15) is 13.2 Å². The molecule has 0 aromatic rings. The summed E-state index contributed by atoms with van der Waals surface area (Å²) in [6.07, 6.45) is 56.6. The second kappa shape index (κ2) is 52.8. The molecule has 0 rings (SSSR count). The van der Waals surface area contributed by atoms with Gasteiger partial charge in [-0.3, -0.25) is 14.4 Å². The van der Waals surface area contributed by atoms with Gasteiger partial charge in [0.2, 0.25) is 0 Å². The van der Waals surface area contributed by atoms with Gasteiger partial charge in [0.25, 0.3) is 0 Å². The van der Waals surface area contributed by atoms with Gasteiger partial charge >= 0.3 is 17.9 Å². The van der Waals surface area contributed by atoms with Crippen molar-refractivity contribution in [3.63, 3.8) is 0 Å². The van der Waals surface area contributed by atoms with E-state index in [9.17, 15) is 14.4 Å². The van der Waals surface area contributed by atoms with Gasteiger partial charge in [-0.25, -0.2) is 0 Å². The lowest BCUT2D eigenvalue weighted by Gasteiger charge is -2.18. The zero-order chi connectivity index (χ0) is 48.2. The van der Waals surface area contributed by atoms with E-state index in [0.29, 0.717) is 19.3 Å². The van der Waals surface area contributed by atoms with Crippen LogP contribution in [0.1, 0.15) is 336 Å². The molecule has 2 atom stereocenters. The van der Waals surface area contributed by atoms with Crippen LogP contribution in [0.15, 0.2) is 0 Å². The number of hydrogen-bond donors (Lipinski definition) is 0. The Morgan fingerprint density at radius 2 is 0.576 bits per heavy atom. The first-order valence-corrected chi connectivity index (χ1v) is 29.8. The van der Waals surface area contributed by atoms with Crippen molar-refractivity contribution >= 4 is 17.9 Å². The second-order valence-corrected chi connectivity index (χ2v) is 21.4.